The third-order valence-electron chi connectivity index (χ3n) is 7.19. The third kappa shape index (κ3) is 5.78. The Morgan fingerprint density at radius 3 is 2.49 bits per heavy atom. The molecule has 0 radical (unpaired) electrons. The maximum absolute atomic E-state index is 13.8. The lowest BCUT2D eigenvalue weighted by Gasteiger charge is -2.35. The number of thiazole rings is 1. The maximum Gasteiger partial charge on any atom is 0.246 e. The predicted molar refractivity (Wildman–Crippen MR) is 133 cm³/mol. The van der Waals surface area contributed by atoms with Crippen molar-refractivity contribution < 1.29 is 18.8 Å². The molecule has 2 aliphatic rings. The number of hydrogen-bond acceptors (Lipinski definition) is 6. The van der Waals surface area contributed by atoms with Gasteiger partial charge in [-0.2, -0.15) is 0 Å². The fraction of sp³-hybridized carbons (Fsp3) is 0.538. The second-order valence-electron chi connectivity index (χ2n) is 9.49. The van der Waals surface area contributed by atoms with E-state index in [-0.39, 0.29) is 35.6 Å². The maximum atomic E-state index is 13.8. The fourth-order valence-corrected chi connectivity index (χ4v) is 5.96. The van der Waals surface area contributed by atoms with Crippen LogP contribution in [-0.4, -0.2) is 53.2 Å². The van der Waals surface area contributed by atoms with E-state index in [0.717, 1.165) is 50.0 Å². The number of carbonyl (C=O) groups excluding carboxylic acids is 3. The van der Waals surface area contributed by atoms with Gasteiger partial charge in [-0.3, -0.25) is 14.4 Å². The number of aromatic nitrogens is 1. The summed E-state index contributed by atoms with van der Waals surface area (Å²) in [6, 6.07) is 4.25. The van der Waals surface area contributed by atoms with Crippen molar-refractivity contribution in [3.63, 3.8) is 0 Å². The number of amides is 2. The minimum atomic E-state index is -0.556. The van der Waals surface area contributed by atoms with Gasteiger partial charge in [0.1, 0.15) is 22.6 Å². The highest BCUT2D eigenvalue weighted by Gasteiger charge is 2.40. The van der Waals surface area contributed by atoms with Crippen molar-refractivity contribution >= 4 is 28.9 Å². The molecule has 1 saturated heterocycles. The summed E-state index contributed by atoms with van der Waals surface area (Å²) < 4.78 is 13.2. The Morgan fingerprint density at radius 2 is 1.80 bits per heavy atom. The first-order valence-corrected chi connectivity index (χ1v) is 13.3. The Morgan fingerprint density at radius 1 is 1.09 bits per heavy atom. The molecule has 1 aliphatic heterocycles. The molecule has 0 spiro atoms. The van der Waals surface area contributed by atoms with Crippen molar-refractivity contribution in [3.05, 3.63) is 51.7 Å². The van der Waals surface area contributed by atoms with Crippen LogP contribution in [0, 0.1) is 11.7 Å². The van der Waals surface area contributed by atoms with Crippen LogP contribution in [0.4, 0.5) is 4.39 Å². The standard InChI is InChI=1S/C26H33FN4O3S/c1-16(28-2)24(33)30-22(17-7-4-3-5-8-17)26(34)31-14-6-9-21(31)25-29-20(15-35-25)23(32)18-10-12-19(27)13-11-18/h10-13,15-17,21-22,28H,3-9,14H2,1-2H3,(H,30,33)/t16-,21?,22?/m0/s1. The van der Waals surface area contributed by atoms with Crippen molar-refractivity contribution in [1.29, 1.82) is 0 Å². The summed E-state index contributed by atoms with van der Waals surface area (Å²) in [6.45, 7) is 2.39. The number of nitrogens with zero attached hydrogens (tertiary/aromatic N) is 2. The number of likely N-dealkylation sites (N-methyl/N-ethyl adjacent to an activating group) is 1. The molecule has 2 aromatic rings. The zero-order valence-corrected chi connectivity index (χ0v) is 21.1. The number of benzene rings is 1. The zero-order chi connectivity index (χ0) is 24.9. The van der Waals surface area contributed by atoms with E-state index in [1.54, 1.807) is 19.4 Å². The van der Waals surface area contributed by atoms with Crippen molar-refractivity contribution in [2.24, 2.45) is 5.92 Å². The van der Waals surface area contributed by atoms with E-state index < -0.39 is 11.9 Å². The molecule has 7 nitrogen and oxygen atoms in total. The van der Waals surface area contributed by atoms with Crippen LogP contribution < -0.4 is 10.6 Å². The highest BCUT2D eigenvalue weighted by Crippen LogP contribution is 2.36. The molecule has 2 unspecified atom stereocenters. The normalized spacial score (nSPS) is 20.4. The van der Waals surface area contributed by atoms with Gasteiger partial charge in [-0.05, 0) is 69.8 Å². The Bertz CT molecular complexity index is 1050. The molecule has 9 heteroatoms. The monoisotopic (exact) mass is 500 g/mol. The van der Waals surface area contributed by atoms with E-state index >= 15 is 0 Å². The van der Waals surface area contributed by atoms with Gasteiger partial charge in [0.25, 0.3) is 0 Å². The van der Waals surface area contributed by atoms with Gasteiger partial charge in [0, 0.05) is 17.5 Å². The van der Waals surface area contributed by atoms with Crippen LogP contribution in [0.5, 0.6) is 0 Å². The lowest BCUT2D eigenvalue weighted by atomic mass is 9.83. The summed E-state index contributed by atoms with van der Waals surface area (Å²) in [6.07, 6.45) is 6.76. The molecule has 2 amide bonds. The summed E-state index contributed by atoms with van der Waals surface area (Å²) in [5.41, 5.74) is 0.678. The highest BCUT2D eigenvalue weighted by molar-refractivity contribution is 7.10. The summed E-state index contributed by atoms with van der Waals surface area (Å²) in [7, 11) is 1.73. The topological polar surface area (TPSA) is 91.4 Å². The number of hydrogen-bond donors (Lipinski definition) is 2. The number of likely N-dealkylation sites (tertiary alicyclic amines) is 1. The van der Waals surface area contributed by atoms with E-state index in [2.05, 4.69) is 15.6 Å². The van der Waals surface area contributed by atoms with Crippen LogP contribution in [0.3, 0.4) is 0 Å². The molecule has 2 N–H and O–H groups in total. The third-order valence-corrected chi connectivity index (χ3v) is 8.14. The largest absolute Gasteiger partial charge is 0.343 e. The van der Waals surface area contributed by atoms with Crippen LogP contribution >= 0.6 is 11.3 Å². The lowest BCUT2D eigenvalue weighted by Crippen LogP contribution is -2.55. The molecule has 35 heavy (non-hydrogen) atoms. The van der Waals surface area contributed by atoms with Crippen molar-refractivity contribution in [3.8, 4) is 0 Å². The van der Waals surface area contributed by atoms with Crippen LogP contribution in [0.25, 0.3) is 0 Å². The van der Waals surface area contributed by atoms with Gasteiger partial charge in [0.2, 0.25) is 17.6 Å². The first-order valence-electron chi connectivity index (χ1n) is 12.4. The molecule has 1 aliphatic carbocycles. The quantitative estimate of drug-likeness (QED) is 0.538. The number of ketones is 1. The molecule has 0 bridgehead atoms. The van der Waals surface area contributed by atoms with E-state index in [1.807, 2.05) is 4.90 Å². The van der Waals surface area contributed by atoms with Crippen LogP contribution in [-0.2, 0) is 9.59 Å². The molecule has 1 saturated carbocycles. The van der Waals surface area contributed by atoms with Gasteiger partial charge in [-0.1, -0.05) is 19.3 Å². The van der Waals surface area contributed by atoms with Gasteiger partial charge in [-0.25, -0.2) is 9.37 Å². The van der Waals surface area contributed by atoms with E-state index in [4.69, 9.17) is 0 Å². The number of halogens is 1. The van der Waals surface area contributed by atoms with Crippen molar-refractivity contribution in [1.82, 2.24) is 20.5 Å². The Balaban J connectivity index is 1.53. The molecule has 4 rings (SSSR count). The second kappa shape index (κ2) is 11.4. The number of rotatable bonds is 8. The second-order valence-corrected chi connectivity index (χ2v) is 10.4. The predicted octanol–water partition coefficient (Wildman–Crippen LogP) is 3.85. The van der Waals surface area contributed by atoms with E-state index in [0.29, 0.717) is 17.8 Å². The average Bonchev–Trinajstić information content (AvgIpc) is 3.56. The molecule has 2 heterocycles. The van der Waals surface area contributed by atoms with Gasteiger partial charge in [0.05, 0.1) is 12.1 Å². The first kappa shape index (κ1) is 25.4. The zero-order valence-electron chi connectivity index (χ0n) is 20.3. The molecule has 1 aromatic heterocycles. The van der Waals surface area contributed by atoms with Crippen molar-refractivity contribution in [2.45, 2.75) is 70.0 Å². The molecular weight excluding hydrogens is 467 g/mol. The molecule has 1 aromatic carbocycles. The molecule has 2 fully saturated rings. The Hall–Kier alpha value is -2.65. The minimum absolute atomic E-state index is 0.0577. The summed E-state index contributed by atoms with van der Waals surface area (Å²) in [5.74, 6) is -0.773. The Labute approximate surface area is 209 Å². The van der Waals surface area contributed by atoms with Crippen LogP contribution in [0.15, 0.2) is 29.6 Å². The van der Waals surface area contributed by atoms with Crippen LogP contribution in [0.2, 0.25) is 0 Å². The van der Waals surface area contributed by atoms with E-state index in [9.17, 15) is 18.8 Å². The smallest absolute Gasteiger partial charge is 0.246 e. The number of carbonyl (C=O) groups is 3. The Kier molecular flexibility index (Phi) is 8.28. The van der Waals surface area contributed by atoms with Gasteiger partial charge in [-0.15, -0.1) is 11.3 Å². The minimum Gasteiger partial charge on any atom is -0.343 e. The summed E-state index contributed by atoms with van der Waals surface area (Å²) in [5, 5.41) is 8.42. The number of nitrogens with one attached hydrogen (secondary N) is 2. The highest BCUT2D eigenvalue weighted by atomic mass is 32.1. The first-order chi connectivity index (χ1) is 16.9. The molecular formula is C26H33FN4O3S. The average molecular weight is 501 g/mol. The summed E-state index contributed by atoms with van der Waals surface area (Å²) >= 11 is 1.37. The van der Waals surface area contributed by atoms with Gasteiger partial charge >= 0.3 is 0 Å². The van der Waals surface area contributed by atoms with E-state index in [1.165, 1.54) is 35.6 Å². The molecule has 188 valence electrons. The fourth-order valence-electron chi connectivity index (χ4n) is 5.02. The summed E-state index contributed by atoms with van der Waals surface area (Å²) in [4.78, 5) is 45.8. The van der Waals surface area contributed by atoms with Gasteiger partial charge < -0.3 is 15.5 Å². The van der Waals surface area contributed by atoms with Crippen molar-refractivity contribution in [2.75, 3.05) is 13.6 Å². The molecule has 3 atom stereocenters. The SMILES string of the molecule is CN[C@@H](C)C(=O)NC(C(=O)N1CCCC1c1nc(C(=O)c2ccc(F)cc2)cs1)C1CCCCC1. The lowest BCUT2D eigenvalue weighted by molar-refractivity contribution is -0.139. The van der Waals surface area contributed by atoms with Gasteiger partial charge in [0.15, 0.2) is 0 Å². The van der Waals surface area contributed by atoms with Crippen LogP contribution in [0.1, 0.15) is 79.0 Å².